The summed E-state index contributed by atoms with van der Waals surface area (Å²) >= 11 is 5.69. The molecule has 0 aromatic rings. The van der Waals surface area contributed by atoms with Gasteiger partial charge >= 0.3 is 51.4 Å². The summed E-state index contributed by atoms with van der Waals surface area (Å²) in [5.41, 5.74) is 0. The Labute approximate surface area is 121 Å². The van der Waals surface area contributed by atoms with Gasteiger partial charge in [-0.2, -0.15) is 0 Å². The quantitative estimate of drug-likeness (QED) is 0.302. The predicted octanol–water partition coefficient (Wildman–Crippen LogP) is -1.68. The summed E-state index contributed by atoms with van der Waals surface area (Å²) in [6.45, 7) is 1.94. The van der Waals surface area contributed by atoms with Crippen molar-refractivity contribution in [3.05, 3.63) is 0 Å². The Hall–Kier alpha value is 1.40. The first kappa shape index (κ1) is 15.9. The molecule has 0 saturated carbocycles. The number of rotatable bonds is 6. The van der Waals surface area contributed by atoms with Gasteiger partial charge in [0.2, 0.25) is 0 Å². The van der Waals surface area contributed by atoms with Crippen LogP contribution in [0.1, 0.15) is 39.0 Å². The molecule has 1 atom stereocenters. The van der Waals surface area contributed by atoms with Crippen molar-refractivity contribution in [3.8, 4) is 0 Å². The van der Waals surface area contributed by atoms with Crippen LogP contribution in [-0.4, -0.2) is 11.3 Å². The van der Waals surface area contributed by atoms with Crippen LogP contribution >= 0.6 is 11.6 Å². The van der Waals surface area contributed by atoms with E-state index < -0.39 is 5.97 Å². The Morgan fingerprint density at radius 1 is 1.42 bits per heavy atom. The van der Waals surface area contributed by atoms with Crippen LogP contribution < -0.4 is 56.5 Å². The van der Waals surface area contributed by atoms with Crippen LogP contribution in [0.3, 0.4) is 0 Å². The molecular formula is C8H14ClKO2. The van der Waals surface area contributed by atoms with Gasteiger partial charge in [-0.3, -0.25) is 0 Å². The molecule has 0 aromatic heterocycles. The zero-order chi connectivity index (χ0) is 8.69. The van der Waals surface area contributed by atoms with E-state index in [0.29, 0.717) is 6.42 Å². The van der Waals surface area contributed by atoms with Crippen molar-refractivity contribution in [1.82, 2.24) is 0 Å². The van der Waals surface area contributed by atoms with Gasteiger partial charge in [0.05, 0.1) is 0 Å². The summed E-state index contributed by atoms with van der Waals surface area (Å²) < 4.78 is 0. The van der Waals surface area contributed by atoms with Crippen molar-refractivity contribution in [2.24, 2.45) is 0 Å². The van der Waals surface area contributed by atoms with E-state index in [0.717, 1.165) is 19.3 Å². The van der Waals surface area contributed by atoms with Crippen molar-refractivity contribution >= 4 is 17.6 Å². The first-order chi connectivity index (χ1) is 5.13. The minimum atomic E-state index is -0.955. The number of hydrogen-bond acceptors (Lipinski definition) is 2. The molecule has 0 aliphatic rings. The van der Waals surface area contributed by atoms with E-state index in [1.165, 1.54) is 0 Å². The van der Waals surface area contributed by atoms with Crippen LogP contribution in [0.15, 0.2) is 0 Å². The molecule has 0 heterocycles. The van der Waals surface area contributed by atoms with Crippen molar-refractivity contribution in [1.29, 1.82) is 0 Å². The van der Waals surface area contributed by atoms with Gasteiger partial charge in [0.15, 0.2) is 0 Å². The third kappa shape index (κ3) is 14.0. The van der Waals surface area contributed by atoms with Gasteiger partial charge in [0.1, 0.15) is 0 Å². The third-order valence-electron chi connectivity index (χ3n) is 1.48. The molecule has 0 radical (unpaired) electrons. The smallest absolute Gasteiger partial charge is 0.550 e. The zero-order valence-electron chi connectivity index (χ0n) is 7.81. The summed E-state index contributed by atoms with van der Waals surface area (Å²) in [6, 6.07) is 0. The molecule has 0 aromatic carbocycles. The molecule has 0 bridgehead atoms. The Bertz CT molecular complexity index is 118. The number of carboxylic acid groups (broad SMARTS) is 1. The molecule has 4 heteroatoms. The first-order valence-electron chi connectivity index (χ1n) is 3.97. The number of aliphatic carboxylic acids is 1. The maximum atomic E-state index is 9.96. The van der Waals surface area contributed by atoms with Gasteiger partial charge in [-0.25, -0.2) is 0 Å². The molecule has 2 nitrogen and oxygen atoms in total. The molecule has 0 aliphatic carbocycles. The Morgan fingerprint density at radius 2 is 2.00 bits per heavy atom. The molecule has 0 fully saturated rings. The molecule has 0 rings (SSSR count). The van der Waals surface area contributed by atoms with E-state index in [1.807, 2.05) is 6.92 Å². The van der Waals surface area contributed by atoms with Crippen LogP contribution in [0, 0.1) is 0 Å². The van der Waals surface area contributed by atoms with Gasteiger partial charge in [0, 0.05) is 11.3 Å². The maximum Gasteiger partial charge on any atom is 1.00 e. The average molecular weight is 217 g/mol. The van der Waals surface area contributed by atoms with Crippen molar-refractivity contribution in [3.63, 3.8) is 0 Å². The summed E-state index contributed by atoms with van der Waals surface area (Å²) in [5.74, 6) is -0.955. The van der Waals surface area contributed by atoms with E-state index in [2.05, 4.69) is 0 Å². The minimum Gasteiger partial charge on any atom is -0.550 e. The fourth-order valence-corrected chi connectivity index (χ4v) is 1.03. The van der Waals surface area contributed by atoms with E-state index in [4.69, 9.17) is 11.6 Å². The third-order valence-corrected chi connectivity index (χ3v) is 1.70. The van der Waals surface area contributed by atoms with E-state index in [-0.39, 0.29) is 63.2 Å². The Balaban J connectivity index is 0. The van der Waals surface area contributed by atoms with Crippen molar-refractivity contribution < 1.29 is 61.3 Å². The van der Waals surface area contributed by atoms with Gasteiger partial charge < -0.3 is 9.90 Å². The first-order valence-corrected chi connectivity index (χ1v) is 4.40. The fraction of sp³-hybridized carbons (Fsp3) is 0.875. The van der Waals surface area contributed by atoms with Crippen molar-refractivity contribution in [2.45, 2.75) is 44.4 Å². The Morgan fingerprint density at radius 3 is 2.42 bits per heavy atom. The molecule has 12 heavy (non-hydrogen) atoms. The van der Waals surface area contributed by atoms with E-state index >= 15 is 0 Å². The Kier molecular flexibility index (Phi) is 13.8. The fourth-order valence-electron chi connectivity index (χ4n) is 0.872. The number of carbonyl (C=O) groups is 1. The molecular weight excluding hydrogens is 203 g/mol. The summed E-state index contributed by atoms with van der Waals surface area (Å²) in [5, 5.41) is 10.2. The SMILES string of the molecule is CC(Cl)CCCCCC(=O)[O-].[K+]. The zero-order valence-corrected chi connectivity index (χ0v) is 11.7. The van der Waals surface area contributed by atoms with E-state index in [1.54, 1.807) is 0 Å². The van der Waals surface area contributed by atoms with Gasteiger partial charge in [-0.15, -0.1) is 11.6 Å². The number of unbranched alkanes of at least 4 members (excludes halogenated alkanes) is 2. The number of alkyl halides is 1. The monoisotopic (exact) mass is 216 g/mol. The number of carbonyl (C=O) groups excluding carboxylic acids is 1. The average Bonchev–Trinajstić information content (AvgIpc) is 1.85. The van der Waals surface area contributed by atoms with Gasteiger partial charge in [-0.05, 0) is 26.2 Å². The summed E-state index contributed by atoms with van der Waals surface area (Å²) in [4.78, 5) is 9.96. The second kappa shape index (κ2) is 10.5. The second-order valence-corrected chi connectivity index (χ2v) is 3.50. The van der Waals surface area contributed by atoms with Crippen LogP contribution in [0.5, 0.6) is 0 Å². The minimum absolute atomic E-state index is 0. The van der Waals surface area contributed by atoms with E-state index in [9.17, 15) is 9.90 Å². The second-order valence-electron chi connectivity index (χ2n) is 2.75. The molecule has 66 valence electrons. The predicted molar refractivity (Wildman–Crippen MR) is 43.4 cm³/mol. The summed E-state index contributed by atoms with van der Waals surface area (Å²) in [7, 11) is 0. The summed E-state index contributed by atoms with van der Waals surface area (Å²) in [6.07, 6.45) is 3.81. The molecule has 0 saturated heterocycles. The van der Waals surface area contributed by atoms with Crippen LogP contribution in [0.2, 0.25) is 0 Å². The number of carboxylic acids is 1. The molecule has 0 spiro atoms. The van der Waals surface area contributed by atoms with Gasteiger partial charge in [0.25, 0.3) is 0 Å². The largest absolute Gasteiger partial charge is 1.00 e. The van der Waals surface area contributed by atoms with Crippen molar-refractivity contribution in [2.75, 3.05) is 0 Å². The topological polar surface area (TPSA) is 40.1 Å². The normalized spacial score (nSPS) is 11.8. The van der Waals surface area contributed by atoms with Crippen LogP contribution in [0.4, 0.5) is 0 Å². The van der Waals surface area contributed by atoms with Crippen LogP contribution in [0.25, 0.3) is 0 Å². The van der Waals surface area contributed by atoms with Gasteiger partial charge in [-0.1, -0.05) is 12.8 Å². The number of hydrogen-bond donors (Lipinski definition) is 0. The molecule has 1 unspecified atom stereocenters. The maximum absolute atomic E-state index is 9.96. The molecule has 0 aliphatic heterocycles. The van der Waals surface area contributed by atoms with Crippen LogP contribution in [-0.2, 0) is 4.79 Å². The molecule has 0 amide bonds. The molecule has 0 N–H and O–H groups in total. The standard InChI is InChI=1S/C8H15ClO2.K/c1-7(9)5-3-2-4-6-8(10)11;/h7H,2-6H2,1H3,(H,10,11);/q;+1/p-1. The number of halogens is 1.